The van der Waals surface area contributed by atoms with Crippen LogP contribution in [0.4, 0.5) is 5.69 Å². The molecule has 1 fully saturated rings. The third-order valence-electron chi connectivity index (χ3n) is 4.85. The van der Waals surface area contributed by atoms with Crippen LogP contribution in [-0.2, 0) is 4.74 Å². The normalized spacial score (nSPS) is 14.5. The molecule has 0 spiro atoms. The van der Waals surface area contributed by atoms with Gasteiger partial charge in [0.1, 0.15) is 5.75 Å². The number of ether oxygens (including phenoxy) is 2. The number of carbonyl (C=O) groups excluding carboxylic acids is 1. The molecule has 1 saturated heterocycles. The predicted octanol–water partition coefficient (Wildman–Crippen LogP) is 3.98. The number of para-hydroxylation sites is 1. The van der Waals surface area contributed by atoms with Gasteiger partial charge < -0.3 is 14.4 Å². The zero-order valence-electron chi connectivity index (χ0n) is 15.8. The topological polar surface area (TPSA) is 51.7 Å². The summed E-state index contributed by atoms with van der Waals surface area (Å²) in [7, 11) is 1.61. The van der Waals surface area contributed by atoms with Crippen molar-refractivity contribution >= 4 is 28.4 Å². The van der Waals surface area contributed by atoms with Crippen molar-refractivity contribution in [1.29, 1.82) is 0 Å². The molecular formula is C23H22N2O3. The average Bonchev–Trinajstić information content (AvgIpc) is 2.77. The summed E-state index contributed by atoms with van der Waals surface area (Å²) < 4.78 is 10.6. The molecular weight excluding hydrogens is 352 g/mol. The molecule has 0 radical (unpaired) electrons. The summed E-state index contributed by atoms with van der Waals surface area (Å²) in [6, 6.07) is 17.2. The predicted molar refractivity (Wildman–Crippen MR) is 111 cm³/mol. The fourth-order valence-electron chi connectivity index (χ4n) is 3.34. The highest BCUT2D eigenvalue weighted by molar-refractivity contribution is 6.07. The van der Waals surface area contributed by atoms with Gasteiger partial charge in [-0.15, -0.1) is 0 Å². The van der Waals surface area contributed by atoms with E-state index in [4.69, 9.17) is 14.5 Å². The van der Waals surface area contributed by atoms with E-state index in [2.05, 4.69) is 11.0 Å². The van der Waals surface area contributed by atoms with Gasteiger partial charge in [-0.1, -0.05) is 18.2 Å². The molecule has 1 aliphatic heterocycles. The summed E-state index contributed by atoms with van der Waals surface area (Å²) in [4.78, 5) is 19.5. The van der Waals surface area contributed by atoms with Crippen molar-refractivity contribution in [3.8, 4) is 5.75 Å². The Hall–Kier alpha value is -3.18. The molecule has 0 aliphatic carbocycles. The average molecular weight is 374 g/mol. The van der Waals surface area contributed by atoms with E-state index in [0.29, 0.717) is 5.56 Å². The van der Waals surface area contributed by atoms with E-state index >= 15 is 0 Å². The molecule has 0 atom stereocenters. The Morgan fingerprint density at radius 3 is 2.61 bits per heavy atom. The molecule has 5 heteroatoms. The van der Waals surface area contributed by atoms with Crippen LogP contribution in [0.25, 0.3) is 17.0 Å². The first-order chi connectivity index (χ1) is 13.7. The Morgan fingerprint density at radius 2 is 1.86 bits per heavy atom. The second-order valence-electron chi connectivity index (χ2n) is 6.61. The van der Waals surface area contributed by atoms with Crippen molar-refractivity contribution < 1.29 is 14.3 Å². The maximum Gasteiger partial charge on any atom is 0.185 e. The highest BCUT2D eigenvalue weighted by Gasteiger charge is 2.15. The Labute approximate surface area is 164 Å². The van der Waals surface area contributed by atoms with Gasteiger partial charge in [-0.2, -0.15) is 0 Å². The Bertz CT molecular complexity index is 1010. The number of ketones is 1. The molecule has 1 aromatic heterocycles. The number of aromatic nitrogens is 1. The number of hydrogen-bond donors (Lipinski definition) is 0. The van der Waals surface area contributed by atoms with Crippen LogP contribution in [0.15, 0.2) is 60.7 Å². The molecule has 142 valence electrons. The van der Waals surface area contributed by atoms with Crippen molar-refractivity contribution in [3.63, 3.8) is 0 Å². The number of pyridine rings is 1. The molecule has 1 aliphatic rings. The van der Waals surface area contributed by atoms with Crippen LogP contribution >= 0.6 is 0 Å². The highest BCUT2D eigenvalue weighted by Crippen LogP contribution is 2.28. The van der Waals surface area contributed by atoms with Gasteiger partial charge >= 0.3 is 0 Å². The number of rotatable bonds is 5. The largest absolute Gasteiger partial charge is 0.497 e. The fraction of sp³-hybridized carbons (Fsp3) is 0.217. The maximum atomic E-state index is 12.5. The minimum absolute atomic E-state index is 0.0643. The number of benzene rings is 2. The van der Waals surface area contributed by atoms with E-state index in [1.165, 1.54) is 0 Å². The van der Waals surface area contributed by atoms with E-state index < -0.39 is 0 Å². The van der Waals surface area contributed by atoms with Crippen LogP contribution < -0.4 is 9.64 Å². The molecule has 0 bridgehead atoms. The lowest BCUT2D eigenvalue weighted by molar-refractivity contribution is 0.104. The number of methoxy groups -OCH3 is 1. The SMILES string of the molecule is COc1ccc(C(=O)C=Cc2cc(N3CCOCC3)c3ccccc3n2)cc1. The van der Waals surface area contributed by atoms with Crippen LogP contribution in [0, 0.1) is 0 Å². The van der Waals surface area contributed by atoms with Gasteiger partial charge in [0.15, 0.2) is 5.78 Å². The molecule has 0 saturated carbocycles. The summed E-state index contributed by atoms with van der Waals surface area (Å²) in [5.41, 5.74) is 3.43. The van der Waals surface area contributed by atoms with E-state index in [1.54, 1.807) is 43.5 Å². The molecule has 5 nitrogen and oxygen atoms in total. The molecule has 0 N–H and O–H groups in total. The standard InChI is InChI=1S/C23H22N2O3/c1-27-19-9-6-17(7-10-19)23(26)11-8-18-16-22(25-12-14-28-15-13-25)20-4-2-3-5-21(20)24-18/h2-11,16H,12-15H2,1H3. The summed E-state index contributed by atoms with van der Waals surface area (Å²) in [6.45, 7) is 3.14. The van der Waals surface area contributed by atoms with E-state index in [1.807, 2.05) is 24.3 Å². The van der Waals surface area contributed by atoms with Crippen LogP contribution in [0.5, 0.6) is 5.75 Å². The van der Waals surface area contributed by atoms with Gasteiger partial charge in [-0.05, 0) is 48.6 Å². The lowest BCUT2D eigenvalue weighted by Gasteiger charge is -2.30. The first-order valence-corrected chi connectivity index (χ1v) is 9.33. The summed E-state index contributed by atoms with van der Waals surface area (Å²) in [5.74, 6) is 0.664. The smallest absolute Gasteiger partial charge is 0.185 e. The van der Waals surface area contributed by atoms with Crippen LogP contribution in [0.3, 0.4) is 0 Å². The molecule has 4 rings (SSSR count). The molecule has 2 heterocycles. The number of anilines is 1. The number of nitrogens with zero attached hydrogens (tertiary/aromatic N) is 2. The maximum absolute atomic E-state index is 12.5. The van der Waals surface area contributed by atoms with E-state index in [-0.39, 0.29) is 5.78 Å². The van der Waals surface area contributed by atoms with Crippen molar-refractivity contribution in [2.75, 3.05) is 38.3 Å². The van der Waals surface area contributed by atoms with Crippen LogP contribution in [-0.4, -0.2) is 44.2 Å². The van der Waals surface area contributed by atoms with E-state index in [0.717, 1.165) is 54.3 Å². The zero-order valence-corrected chi connectivity index (χ0v) is 15.8. The highest BCUT2D eigenvalue weighted by atomic mass is 16.5. The molecule has 0 unspecified atom stereocenters. The molecule has 3 aromatic rings. The van der Waals surface area contributed by atoms with Crippen molar-refractivity contribution in [3.05, 3.63) is 71.9 Å². The Morgan fingerprint density at radius 1 is 1.11 bits per heavy atom. The second kappa shape index (κ2) is 8.23. The summed E-state index contributed by atoms with van der Waals surface area (Å²) in [6.07, 6.45) is 3.35. The van der Waals surface area contributed by atoms with Gasteiger partial charge in [0, 0.05) is 29.7 Å². The number of morpholine rings is 1. The third-order valence-corrected chi connectivity index (χ3v) is 4.85. The van der Waals surface area contributed by atoms with Gasteiger partial charge in [-0.25, -0.2) is 4.98 Å². The number of carbonyl (C=O) groups is 1. The van der Waals surface area contributed by atoms with Gasteiger partial charge in [0.25, 0.3) is 0 Å². The minimum Gasteiger partial charge on any atom is -0.497 e. The minimum atomic E-state index is -0.0643. The van der Waals surface area contributed by atoms with Crippen molar-refractivity contribution in [1.82, 2.24) is 4.98 Å². The molecule has 0 amide bonds. The monoisotopic (exact) mass is 374 g/mol. The lowest BCUT2D eigenvalue weighted by atomic mass is 10.1. The first kappa shape index (κ1) is 18.2. The van der Waals surface area contributed by atoms with Crippen LogP contribution in [0.1, 0.15) is 16.1 Å². The molecule has 28 heavy (non-hydrogen) atoms. The van der Waals surface area contributed by atoms with Crippen LogP contribution in [0.2, 0.25) is 0 Å². The first-order valence-electron chi connectivity index (χ1n) is 9.33. The number of allylic oxidation sites excluding steroid dienone is 1. The third kappa shape index (κ3) is 3.89. The van der Waals surface area contributed by atoms with Gasteiger partial charge in [0.2, 0.25) is 0 Å². The van der Waals surface area contributed by atoms with Crippen molar-refractivity contribution in [2.45, 2.75) is 0 Å². The Kier molecular flexibility index (Phi) is 5.35. The van der Waals surface area contributed by atoms with Gasteiger partial charge in [-0.3, -0.25) is 4.79 Å². The number of fused-ring (bicyclic) bond motifs is 1. The van der Waals surface area contributed by atoms with E-state index in [9.17, 15) is 4.79 Å². The lowest BCUT2D eigenvalue weighted by Crippen LogP contribution is -2.36. The van der Waals surface area contributed by atoms with Gasteiger partial charge in [0.05, 0.1) is 31.5 Å². The van der Waals surface area contributed by atoms with Crippen molar-refractivity contribution in [2.24, 2.45) is 0 Å². The quantitative estimate of drug-likeness (QED) is 0.499. The summed E-state index contributed by atoms with van der Waals surface area (Å²) >= 11 is 0. The second-order valence-corrected chi connectivity index (χ2v) is 6.61. The fourth-order valence-corrected chi connectivity index (χ4v) is 3.34. The number of hydrogen-bond acceptors (Lipinski definition) is 5. The Balaban J connectivity index is 1.64. The molecule has 2 aromatic carbocycles. The summed E-state index contributed by atoms with van der Waals surface area (Å²) in [5, 5.41) is 1.11. The zero-order chi connectivity index (χ0) is 19.3.